The van der Waals surface area contributed by atoms with Crippen LogP contribution >= 0.6 is 0 Å². The number of hydrogen-bond acceptors (Lipinski definition) is 2. The molecule has 102 valence electrons. The van der Waals surface area contributed by atoms with Crippen LogP contribution in [0.1, 0.15) is 33.3 Å². The molecule has 0 saturated carbocycles. The summed E-state index contributed by atoms with van der Waals surface area (Å²) in [4.78, 5) is 0. The molecule has 0 amide bonds. The van der Waals surface area contributed by atoms with Crippen molar-refractivity contribution in [3.63, 3.8) is 0 Å². The van der Waals surface area contributed by atoms with E-state index in [1.807, 2.05) is 12.1 Å². The molecule has 1 aromatic rings. The van der Waals surface area contributed by atoms with E-state index in [2.05, 4.69) is 39.8 Å². The van der Waals surface area contributed by atoms with Crippen molar-refractivity contribution in [3.05, 3.63) is 29.8 Å². The van der Waals surface area contributed by atoms with Gasteiger partial charge in [0.15, 0.2) is 0 Å². The number of rotatable bonds is 8. The van der Waals surface area contributed by atoms with Crippen LogP contribution in [0.4, 0.5) is 0 Å². The van der Waals surface area contributed by atoms with E-state index in [1.165, 1.54) is 5.56 Å². The van der Waals surface area contributed by atoms with Gasteiger partial charge in [0.2, 0.25) is 0 Å². The molecule has 0 saturated heterocycles. The average molecular weight is 250 g/mol. The molecule has 0 spiro atoms. The molecule has 0 heterocycles. The Morgan fingerprint density at radius 2 is 1.50 bits per heavy atom. The lowest BCUT2D eigenvalue weighted by atomic mass is 10.1. The van der Waals surface area contributed by atoms with Crippen molar-refractivity contribution in [2.45, 2.75) is 34.1 Å². The fourth-order valence-electron chi connectivity index (χ4n) is 1.52. The minimum Gasteiger partial charge on any atom is -0.493 e. The molecule has 0 fully saturated rings. The maximum absolute atomic E-state index is 5.65. The Bertz CT molecular complexity index is 314. The second-order valence-electron chi connectivity index (χ2n) is 5.57. The van der Waals surface area contributed by atoms with Crippen molar-refractivity contribution in [1.29, 1.82) is 0 Å². The molecular weight excluding hydrogens is 224 g/mol. The van der Waals surface area contributed by atoms with Crippen molar-refractivity contribution in [3.8, 4) is 5.75 Å². The van der Waals surface area contributed by atoms with Gasteiger partial charge in [0.05, 0.1) is 13.2 Å². The van der Waals surface area contributed by atoms with Crippen LogP contribution in [-0.4, -0.2) is 19.8 Å². The van der Waals surface area contributed by atoms with Crippen molar-refractivity contribution >= 4 is 0 Å². The highest BCUT2D eigenvalue weighted by Gasteiger charge is 1.99. The maximum atomic E-state index is 5.65. The molecule has 1 rings (SSSR count). The van der Waals surface area contributed by atoms with Crippen molar-refractivity contribution in [2.24, 2.45) is 11.8 Å². The Morgan fingerprint density at radius 1 is 0.889 bits per heavy atom. The highest BCUT2D eigenvalue weighted by molar-refractivity contribution is 5.27. The van der Waals surface area contributed by atoms with E-state index in [0.29, 0.717) is 11.8 Å². The van der Waals surface area contributed by atoms with E-state index < -0.39 is 0 Å². The predicted molar refractivity (Wildman–Crippen MR) is 76.1 cm³/mol. The molecule has 0 N–H and O–H groups in total. The predicted octanol–water partition coefficient (Wildman–Crippen LogP) is 3.94. The van der Waals surface area contributed by atoms with E-state index in [1.54, 1.807) is 0 Å². The van der Waals surface area contributed by atoms with Crippen molar-refractivity contribution < 1.29 is 9.47 Å². The van der Waals surface area contributed by atoms with Gasteiger partial charge in [0.25, 0.3) is 0 Å². The largest absolute Gasteiger partial charge is 0.493 e. The summed E-state index contributed by atoms with van der Waals surface area (Å²) in [7, 11) is 0. The van der Waals surface area contributed by atoms with Crippen LogP contribution in [0.5, 0.6) is 5.75 Å². The first-order valence-electron chi connectivity index (χ1n) is 6.87. The number of benzene rings is 1. The molecule has 0 atom stereocenters. The summed E-state index contributed by atoms with van der Waals surface area (Å²) in [5.74, 6) is 2.13. The molecule has 0 bridgehead atoms. The zero-order valence-corrected chi connectivity index (χ0v) is 12.1. The van der Waals surface area contributed by atoms with Gasteiger partial charge in [-0.15, -0.1) is 0 Å². The third-order valence-corrected chi connectivity index (χ3v) is 2.49. The van der Waals surface area contributed by atoms with Gasteiger partial charge in [-0.25, -0.2) is 0 Å². The monoisotopic (exact) mass is 250 g/mol. The van der Waals surface area contributed by atoms with Gasteiger partial charge < -0.3 is 9.47 Å². The van der Waals surface area contributed by atoms with E-state index >= 15 is 0 Å². The van der Waals surface area contributed by atoms with Gasteiger partial charge in [-0.1, -0.05) is 39.8 Å². The molecule has 18 heavy (non-hydrogen) atoms. The van der Waals surface area contributed by atoms with Crippen LogP contribution in [0.3, 0.4) is 0 Å². The van der Waals surface area contributed by atoms with Crippen LogP contribution in [0.2, 0.25) is 0 Å². The van der Waals surface area contributed by atoms with Crippen LogP contribution in [0.15, 0.2) is 24.3 Å². The molecule has 0 radical (unpaired) electrons. The summed E-state index contributed by atoms with van der Waals surface area (Å²) < 4.78 is 11.2. The van der Waals surface area contributed by atoms with Crippen LogP contribution in [-0.2, 0) is 11.2 Å². The maximum Gasteiger partial charge on any atom is 0.119 e. The van der Waals surface area contributed by atoms with E-state index in [0.717, 1.165) is 32.0 Å². The van der Waals surface area contributed by atoms with E-state index in [-0.39, 0.29) is 0 Å². The Balaban J connectivity index is 2.27. The van der Waals surface area contributed by atoms with Gasteiger partial charge in [-0.2, -0.15) is 0 Å². The summed E-state index contributed by atoms with van der Waals surface area (Å²) in [6.45, 7) is 11.1. The topological polar surface area (TPSA) is 18.5 Å². The van der Waals surface area contributed by atoms with Crippen molar-refractivity contribution in [1.82, 2.24) is 0 Å². The first kappa shape index (κ1) is 15.0. The fourth-order valence-corrected chi connectivity index (χ4v) is 1.52. The summed E-state index contributed by atoms with van der Waals surface area (Å²) >= 11 is 0. The lowest BCUT2D eigenvalue weighted by Crippen LogP contribution is -2.06. The highest BCUT2D eigenvalue weighted by atomic mass is 16.5. The standard InChI is InChI=1S/C16H26O2/c1-13(2)11-17-10-9-15-5-7-16(8-6-15)18-12-14(3)4/h5-8,13-14H,9-12H2,1-4H3. The lowest BCUT2D eigenvalue weighted by Gasteiger charge is -2.10. The zero-order chi connectivity index (χ0) is 13.4. The normalized spacial score (nSPS) is 11.2. The van der Waals surface area contributed by atoms with Gasteiger partial charge in [-0.05, 0) is 36.0 Å². The third kappa shape index (κ3) is 6.65. The number of ether oxygens (including phenoxy) is 2. The molecule has 0 aromatic heterocycles. The minimum absolute atomic E-state index is 0.564. The second-order valence-corrected chi connectivity index (χ2v) is 5.57. The molecular formula is C16H26O2. The number of hydrogen-bond donors (Lipinski definition) is 0. The van der Waals surface area contributed by atoms with Crippen LogP contribution in [0, 0.1) is 11.8 Å². The van der Waals surface area contributed by atoms with E-state index in [9.17, 15) is 0 Å². The minimum atomic E-state index is 0.564. The molecule has 1 aromatic carbocycles. The Kier molecular flexibility index (Phi) is 6.81. The highest BCUT2D eigenvalue weighted by Crippen LogP contribution is 2.13. The summed E-state index contributed by atoms with van der Waals surface area (Å²) in [6, 6.07) is 8.32. The smallest absolute Gasteiger partial charge is 0.119 e. The molecule has 2 heteroatoms. The molecule has 0 aliphatic heterocycles. The summed E-state index contributed by atoms with van der Waals surface area (Å²) in [5, 5.41) is 0. The fraction of sp³-hybridized carbons (Fsp3) is 0.625. The summed E-state index contributed by atoms with van der Waals surface area (Å²) in [5.41, 5.74) is 1.30. The Hall–Kier alpha value is -1.02. The first-order chi connectivity index (χ1) is 8.58. The third-order valence-electron chi connectivity index (χ3n) is 2.49. The van der Waals surface area contributed by atoms with E-state index in [4.69, 9.17) is 9.47 Å². The Labute approximate surface area is 111 Å². The summed E-state index contributed by atoms with van der Waals surface area (Å²) in [6.07, 6.45) is 0.969. The van der Waals surface area contributed by atoms with Crippen molar-refractivity contribution in [2.75, 3.05) is 19.8 Å². The first-order valence-corrected chi connectivity index (χ1v) is 6.87. The SMILES string of the molecule is CC(C)COCCc1ccc(OCC(C)C)cc1. The molecule has 2 nitrogen and oxygen atoms in total. The molecule has 0 aliphatic rings. The van der Waals surface area contributed by atoms with Gasteiger partial charge in [0, 0.05) is 6.61 Å². The zero-order valence-electron chi connectivity index (χ0n) is 12.1. The Morgan fingerprint density at radius 3 is 2.06 bits per heavy atom. The molecule has 0 aliphatic carbocycles. The van der Waals surface area contributed by atoms with Gasteiger partial charge >= 0.3 is 0 Å². The van der Waals surface area contributed by atoms with Crippen LogP contribution in [0.25, 0.3) is 0 Å². The second kappa shape index (κ2) is 8.15. The van der Waals surface area contributed by atoms with Crippen LogP contribution < -0.4 is 4.74 Å². The lowest BCUT2D eigenvalue weighted by molar-refractivity contribution is 0.112. The van der Waals surface area contributed by atoms with Gasteiger partial charge in [-0.3, -0.25) is 0 Å². The van der Waals surface area contributed by atoms with Gasteiger partial charge in [0.1, 0.15) is 5.75 Å². The quantitative estimate of drug-likeness (QED) is 0.651. The average Bonchev–Trinajstić information content (AvgIpc) is 2.33. The molecule has 0 unspecified atom stereocenters.